The Labute approximate surface area is 115 Å². The van der Waals surface area contributed by atoms with E-state index in [1.165, 1.54) is 6.20 Å². The van der Waals surface area contributed by atoms with E-state index in [1.54, 1.807) is 37.5 Å². The average Bonchev–Trinajstić information content (AvgIpc) is 2.38. The molecular formula is C13H10Cl2N2O. The molecule has 3 nitrogen and oxygen atoms in total. The zero-order valence-electron chi connectivity index (χ0n) is 9.58. The molecule has 0 spiro atoms. The van der Waals surface area contributed by atoms with Crippen LogP contribution in [0.25, 0.3) is 11.1 Å². The van der Waals surface area contributed by atoms with Crippen molar-refractivity contribution >= 4 is 29.1 Å². The fraction of sp³-hybridized carbons (Fsp3) is 0.0769. The van der Waals surface area contributed by atoms with E-state index in [0.717, 1.165) is 11.1 Å². The second-order valence-corrected chi connectivity index (χ2v) is 4.51. The van der Waals surface area contributed by atoms with Crippen molar-refractivity contribution in [1.29, 1.82) is 0 Å². The highest BCUT2D eigenvalue weighted by atomic mass is 35.5. The predicted octanol–water partition coefficient (Wildman–Crippen LogP) is 3.42. The zero-order chi connectivity index (χ0) is 13.1. The van der Waals surface area contributed by atoms with E-state index >= 15 is 0 Å². The van der Waals surface area contributed by atoms with Crippen molar-refractivity contribution in [2.75, 3.05) is 7.05 Å². The van der Waals surface area contributed by atoms with Gasteiger partial charge in [-0.25, -0.2) is 0 Å². The van der Waals surface area contributed by atoms with Gasteiger partial charge in [-0.15, -0.1) is 0 Å². The van der Waals surface area contributed by atoms with Crippen LogP contribution in [0.15, 0.2) is 36.7 Å². The summed E-state index contributed by atoms with van der Waals surface area (Å²) < 4.78 is 0. The number of rotatable bonds is 2. The maximum absolute atomic E-state index is 11.5. The van der Waals surface area contributed by atoms with Gasteiger partial charge >= 0.3 is 0 Å². The summed E-state index contributed by atoms with van der Waals surface area (Å²) in [5.41, 5.74) is 2.05. The number of nitrogens with zero attached hydrogens (tertiary/aromatic N) is 1. The van der Waals surface area contributed by atoms with Crippen molar-refractivity contribution < 1.29 is 4.79 Å². The molecule has 5 heteroatoms. The van der Waals surface area contributed by atoms with E-state index in [1.807, 2.05) is 0 Å². The Kier molecular flexibility index (Phi) is 3.84. The molecule has 0 aliphatic carbocycles. The maximum atomic E-state index is 11.5. The maximum Gasteiger partial charge on any atom is 0.252 e. The molecule has 0 aliphatic rings. The number of nitrogens with one attached hydrogen (secondary N) is 1. The van der Waals surface area contributed by atoms with Gasteiger partial charge < -0.3 is 5.32 Å². The number of carbonyl (C=O) groups excluding carboxylic acids is 1. The van der Waals surface area contributed by atoms with Gasteiger partial charge in [0.2, 0.25) is 0 Å². The Bertz CT molecular complexity index is 599. The first kappa shape index (κ1) is 12.9. The summed E-state index contributed by atoms with van der Waals surface area (Å²) in [4.78, 5) is 15.6. The summed E-state index contributed by atoms with van der Waals surface area (Å²) in [5.74, 6) is -0.186. The molecule has 0 saturated heterocycles. The molecule has 1 aromatic carbocycles. The van der Waals surface area contributed by atoms with Crippen LogP contribution in [0.2, 0.25) is 10.0 Å². The van der Waals surface area contributed by atoms with E-state index in [0.29, 0.717) is 15.6 Å². The van der Waals surface area contributed by atoms with Gasteiger partial charge in [-0.2, -0.15) is 0 Å². The standard InChI is InChI=1S/C13H10Cl2N2O/c1-16-13(18)9-4-8(6-17-7-9)11-3-2-10(14)5-12(11)15/h2-7H,1H3,(H,16,18). The molecule has 0 aliphatic heterocycles. The predicted molar refractivity (Wildman–Crippen MR) is 73.1 cm³/mol. The molecule has 18 heavy (non-hydrogen) atoms. The second-order valence-electron chi connectivity index (χ2n) is 3.67. The van der Waals surface area contributed by atoms with Crippen LogP contribution in [-0.2, 0) is 0 Å². The summed E-state index contributed by atoms with van der Waals surface area (Å²) in [6, 6.07) is 6.94. The van der Waals surface area contributed by atoms with Gasteiger partial charge in [0, 0.05) is 40.6 Å². The van der Waals surface area contributed by atoms with Crippen LogP contribution in [0.5, 0.6) is 0 Å². The van der Waals surface area contributed by atoms with E-state index in [-0.39, 0.29) is 5.91 Å². The first-order valence-corrected chi connectivity index (χ1v) is 6.00. The Hall–Kier alpha value is -1.58. The lowest BCUT2D eigenvalue weighted by Gasteiger charge is -2.06. The van der Waals surface area contributed by atoms with Gasteiger partial charge in [-0.05, 0) is 18.2 Å². The zero-order valence-corrected chi connectivity index (χ0v) is 11.1. The molecule has 0 saturated carbocycles. The largest absolute Gasteiger partial charge is 0.355 e. The molecule has 2 aromatic rings. The van der Waals surface area contributed by atoms with Gasteiger partial charge in [-0.1, -0.05) is 29.3 Å². The number of pyridine rings is 1. The lowest BCUT2D eigenvalue weighted by Crippen LogP contribution is -2.17. The van der Waals surface area contributed by atoms with Gasteiger partial charge in [-0.3, -0.25) is 9.78 Å². The molecular weight excluding hydrogens is 271 g/mol. The molecule has 0 bridgehead atoms. The normalized spacial score (nSPS) is 10.2. The minimum atomic E-state index is -0.186. The minimum Gasteiger partial charge on any atom is -0.355 e. The van der Waals surface area contributed by atoms with Gasteiger partial charge in [0.1, 0.15) is 0 Å². The van der Waals surface area contributed by atoms with Crippen molar-refractivity contribution in [2.45, 2.75) is 0 Å². The fourth-order valence-electron chi connectivity index (χ4n) is 1.58. The number of amides is 1. The van der Waals surface area contributed by atoms with Gasteiger partial charge in [0.15, 0.2) is 0 Å². The molecule has 1 heterocycles. The highest BCUT2D eigenvalue weighted by molar-refractivity contribution is 6.36. The average molecular weight is 281 g/mol. The third kappa shape index (κ3) is 2.63. The van der Waals surface area contributed by atoms with Crippen LogP contribution in [0.3, 0.4) is 0 Å². The van der Waals surface area contributed by atoms with Crippen LogP contribution in [0, 0.1) is 0 Å². The highest BCUT2D eigenvalue weighted by Crippen LogP contribution is 2.30. The summed E-state index contributed by atoms with van der Waals surface area (Å²) in [6.45, 7) is 0. The van der Waals surface area contributed by atoms with E-state index in [2.05, 4.69) is 10.3 Å². The molecule has 1 N–H and O–H groups in total. The van der Waals surface area contributed by atoms with Crippen LogP contribution in [-0.4, -0.2) is 17.9 Å². The summed E-state index contributed by atoms with van der Waals surface area (Å²) in [6.07, 6.45) is 3.16. The van der Waals surface area contributed by atoms with Crippen molar-refractivity contribution in [3.8, 4) is 11.1 Å². The Morgan fingerprint density at radius 1 is 1.22 bits per heavy atom. The minimum absolute atomic E-state index is 0.186. The molecule has 0 atom stereocenters. The first-order valence-electron chi connectivity index (χ1n) is 5.24. The third-order valence-electron chi connectivity index (χ3n) is 2.47. The quantitative estimate of drug-likeness (QED) is 0.916. The number of hydrogen-bond acceptors (Lipinski definition) is 2. The molecule has 2 rings (SSSR count). The van der Waals surface area contributed by atoms with Crippen LogP contribution < -0.4 is 5.32 Å². The smallest absolute Gasteiger partial charge is 0.252 e. The SMILES string of the molecule is CNC(=O)c1cncc(-c2ccc(Cl)cc2Cl)c1. The van der Waals surface area contributed by atoms with Crippen LogP contribution in [0.1, 0.15) is 10.4 Å². The second kappa shape index (κ2) is 5.38. The summed E-state index contributed by atoms with van der Waals surface area (Å²) >= 11 is 12.0. The lowest BCUT2D eigenvalue weighted by molar-refractivity contribution is 0.0963. The van der Waals surface area contributed by atoms with Crippen molar-refractivity contribution in [3.05, 3.63) is 52.3 Å². The number of hydrogen-bond donors (Lipinski definition) is 1. The van der Waals surface area contributed by atoms with Crippen LogP contribution >= 0.6 is 23.2 Å². The number of halogens is 2. The van der Waals surface area contributed by atoms with Crippen LogP contribution in [0.4, 0.5) is 0 Å². The van der Waals surface area contributed by atoms with E-state index in [4.69, 9.17) is 23.2 Å². The number of benzene rings is 1. The Morgan fingerprint density at radius 2 is 2.00 bits per heavy atom. The lowest BCUT2D eigenvalue weighted by atomic mass is 10.1. The van der Waals surface area contributed by atoms with Crippen molar-refractivity contribution in [2.24, 2.45) is 0 Å². The van der Waals surface area contributed by atoms with Crippen molar-refractivity contribution in [1.82, 2.24) is 10.3 Å². The molecule has 1 aromatic heterocycles. The molecule has 0 fully saturated rings. The fourth-order valence-corrected chi connectivity index (χ4v) is 2.10. The first-order chi connectivity index (χ1) is 8.61. The molecule has 92 valence electrons. The number of aromatic nitrogens is 1. The number of carbonyl (C=O) groups is 1. The Morgan fingerprint density at radius 3 is 2.67 bits per heavy atom. The molecule has 0 unspecified atom stereocenters. The monoisotopic (exact) mass is 280 g/mol. The Balaban J connectivity index is 2.48. The van der Waals surface area contributed by atoms with E-state index < -0.39 is 0 Å². The third-order valence-corrected chi connectivity index (χ3v) is 3.02. The summed E-state index contributed by atoms with van der Waals surface area (Å²) in [7, 11) is 1.57. The van der Waals surface area contributed by atoms with E-state index in [9.17, 15) is 4.79 Å². The molecule has 0 radical (unpaired) electrons. The van der Waals surface area contributed by atoms with Crippen molar-refractivity contribution in [3.63, 3.8) is 0 Å². The summed E-state index contributed by atoms with van der Waals surface area (Å²) in [5, 5.41) is 3.65. The molecule has 1 amide bonds. The van der Waals surface area contributed by atoms with Gasteiger partial charge in [0.25, 0.3) is 5.91 Å². The highest BCUT2D eigenvalue weighted by Gasteiger charge is 2.08. The topological polar surface area (TPSA) is 42.0 Å². The van der Waals surface area contributed by atoms with Gasteiger partial charge in [0.05, 0.1) is 5.56 Å².